The van der Waals surface area contributed by atoms with Crippen LogP contribution in [0, 0.1) is 6.92 Å². The number of hydrogen-bond acceptors (Lipinski definition) is 2. The van der Waals surface area contributed by atoms with Crippen molar-refractivity contribution < 1.29 is 9.53 Å². The first kappa shape index (κ1) is 16.2. The quantitative estimate of drug-likeness (QED) is 0.763. The van der Waals surface area contributed by atoms with E-state index in [9.17, 15) is 4.79 Å². The van der Waals surface area contributed by atoms with Crippen molar-refractivity contribution in [2.75, 3.05) is 19.7 Å². The fourth-order valence-electron chi connectivity index (χ4n) is 2.66. The normalized spacial score (nSPS) is 15.6. The molecule has 0 N–H and O–H groups in total. The first-order valence-corrected chi connectivity index (χ1v) is 8.21. The minimum atomic E-state index is 0.272. The lowest BCUT2D eigenvalue weighted by molar-refractivity contribution is -0.131. The summed E-state index contributed by atoms with van der Waals surface area (Å²) in [6, 6.07) is 5.60. The van der Waals surface area contributed by atoms with Gasteiger partial charge < -0.3 is 9.64 Å². The van der Waals surface area contributed by atoms with Crippen molar-refractivity contribution in [1.82, 2.24) is 4.90 Å². The Bertz CT molecular complexity index is 468. The van der Waals surface area contributed by atoms with Gasteiger partial charge in [0.05, 0.1) is 6.61 Å². The number of carbonyl (C=O) groups is 1. The van der Waals surface area contributed by atoms with E-state index in [2.05, 4.69) is 0 Å². The van der Waals surface area contributed by atoms with Gasteiger partial charge in [0.25, 0.3) is 0 Å². The van der Waals surface area contributed by atoms with Crippen LogP contribution in [0.4, 0.5) is 0 Å². The van der Waals surface area contributed by atoms with Crippen molar-refractivity contribution in [3.05, 3.63) is 28.8 Å². The molecule has 2 rings (SSSR count). The average molecular weight is 310 g/mol. The molecule has 1 aromatic carbocycles. The van der Waals surface area contributed by atoms with Crippen LogP contribution >= 0.6 is 11.6 Å². The number of rotatable bonds is 5. The summed E-state index contributed by atoms with van der Waals surface area (Å²) < 4.78 is 5.72. The number of carbonyl (C=O) groups excluding carboxylic acids is 1. The van der Waals surface area contributed by atoms with E-state index < -0.39 is 0 Å². The van der Waals surface area contributed by atoms with Crippen LogP contribution in [0.5, 0.6) is 5.75 Å². The zero-order valence-electron chi connectivity index (χ0n) is 12.7. The van der Waals surface area contributed by atoms with E-state index in [0.717, 1.165) is 48.7 Å². The van der Waals surface area contributed by atoms with E-state index >= 15 is 0 Å². The molecular weight excluding hydrogens is 286 g/mol. The van der Waals surface area contributed by atoms with Crippen molar-refractivity contribution in [3.63, 3.8) is 0 Å². The number of benzene rings is 1. The average Bonchev–Trinajstić information content (AvgIpc) is 2.74. The monoisotopic (exact) mass is 309 g/mol. The minimum Gasteiger partial charge on any atom is -0.493 e. The van der Waals surface area contributed by atoms with Crippen LogP contribution < -0.4 is 4.74 Å². The smallest absolute Gasteiger partial charge is 0.222 e. The SMILES string of the molecule is Cc1cc(Cl)ccc1OCCCC(=O)N1CCCCCC1. The fourth-order valence-corrected chi connectivity index (χ4v) is 2.89. The Labute approximate surface area is 132 Å². The molecule has 1 fully saturated rings. The van der Waals surface area contributed by atoms with Crippen molar-refractivity contribution in [2.24, 2.45) is 0 Å². The van der Waals surface area contributed by atoms with Crippen molar-refractivity contribution in [3.8, 4) is 5.75 Å². The van der Waals surface area contributed by atoms with Gasteiger partial charge >= 0.3 is 0 Å². The highest BCUT2D eigenvalue weighted by Crippen LogP contribution is 2.22. The molecule has 1 amide bonds. The van der Waals surface area contributed by atoms with Crippen LogP contribution in [-0.2, 0) is 4.79 Å². The van der Waals surface area contributed by atoms with Crippen LogP contribution in [-0.4, -0.2) is 30.5 Å². The predicted molar refractivity (Wildman–Crippen MR) is 86.0 cm³/mol. The van der Waals surface area contributed by atoms with E-state index in [1.165, 1.54) is 12.8 Å². The third-order valence-corrected chi connectivity index (χ3v) is 4.12. The number of amides is 1. The van der Waals surface area contributed by atoms with Gasteiger partial charge in [-0.3, -0.25) is 4.79 Å². The minimum absolute atomic E-state index is 0.272. The second-order valence-electron chi connectivity index (χ2n) is 5.66. The molecule has 3 nitrogen and oxygen atoms in total. The molecule has 116 valence electrons. The number of halogens is 1. The molecule has 0 radical (unpaired) electrons. The molecule has 1 aliphatic rings. The number of hydrogen-bond donors (Lipinski definition) is 0. The highest BCUT2D eigenvalue weighted by atomic mass is 35.5. The molecule has 0 bridgehead atoms. The van der Waals surface area contributed by atoms with Gasteiger partial charge in [-0.15, -0.1) is 0 Å². The van der Waals surface area contributed by atoms with Crippen molar-refractivity contribution in [1.29, 1.82) is 0 Å². The van der Waals surface area contributed by atoms with Gasteiger partial charge in [0, 0.05) is 24.5 Å². The van der Waals surface area contributed by atoms with Gasteiger partial charge in [-0.05, 0) is 49.9 Å². The van der Waals surface area contributed by atoms with E-state index in [1.54, 1.807) is 0 Å². The lowest BCUT2D eigenvalue weighted by Crippen LogP contribution is -2.31. The summed E-state index contributed by atoms with van der Waals surface area (Å²) in [6.45, 7) is 4.40. The van der Waals surface area contributed by atoms with Gasteiger partial charge in [0.15, 0.2) is 0 Å². The van der Waals surface area contributed by atoms with E-state index in [1.807, 2.05) is 30.0 Å². The lowest BCUT2D eigenvalue weighted by atomic mass is 10.2. The standard InChI is InChI=1S/C17H24ClNO2/c1-14-13-15(18)8-9-16(14)21-12-6-7-17(20)19-10-4-2-3-5-11-19/h8-9,13H,2-7,10-12H2,1H3. The molecular formula is C17H24ClNO2. The largest absolute Gasteiger partial charge is 0.493 e. The number of ether oxygens (including phenoxy) is 1. The zero-order chi connectivity index (χ0) is 15.1. The maximum absolute atomic E-state index is 12.1. The summed E-state index contributed by atoms with van der Waals surface area (Å²) in [5.41, 5.74) is 1.03. The summed E-state index contributed by atoms with van der Waals surface area (Å²) in [5, 5.41) is 0.719. The molecule has 1 saturated heterocycles. The van der Waals surface area contributed by atoms with Crippen molar-refractivity contribution in [2.45, 2.75) is 45.4 Å². The Kier molecular flexibility index (Phi) is 6.37. The molecule has 1 aromatic rings. The Hall–Kier alpha value is -1.22. The topological polar surface area (TPSA) is 29.5 Å². The van der Waals surface area contributed by atoms with Gasteiger partial charge in [0.2, 0.25) is 5.91 Å². The number of aryl methyl sites for hydroxylation is 1. The Morgan fingerprint density at radius 3 is 2.62 bits per heavy atom. The van der Waals surface area contributed by atoms with Gasteiger partial charge in [0.1, 0.15) is 5.75 Å². The van der Waals surface area contributed by atoms with Crippen LogP contribution in [0.3, 0.4) is 0 Å². The van der Waals surface area contributed by atoms with Gasteiger partial charge in [-0.1, -0.05) is 24.4 Å². The summed E-state index contributed by atoms with van der Waals surface area (Å²) in [5.74, 6) is 1.12. The van der Waals surface area contributed by atoms with Crippen LogP contribution in [0.25, 0.3) is 0 Å². The number of likely N-dealkylation sites (tertiary alicyclic amines) is 1. The molecule has 1 heterocycles. The summed E-state index contributed by atoms with van der Waals surface area (Å²) in [6.07, 6.45) is 6.13. The first-order valence-electron chi connectivity index (χ1n) is 7.83. The molecule has 0 saturated carbocycles. The maximum atomic E-state index is 12.1. The zero-order valence-corrected chi connectivity index (χ0v) is 13.5. The Morgan fingerprint density at radius 1 is 1.24 bits per heavy atom. The second kappa shape index (κ2) is 8.28. The molecule has 0 unspecified atom stereocenters. The van der Waals surface area contributed by atoms with Crippen LogP contribution in [0.1, 0.15) is 44.1 Å². The van der Waals surface area contributed by atoms with Gasteiger partial charge in [-0.25, -0.2) is 0 Å². The van der Waals surface area contributed by atoms with Gasteiger partial charge in [-0.2, -0.15) is 0 Å². The lowest BCUT2D eigenvalue weighted by Gasteiger charge is -2.20. The Balaban J connectivity index is 1.70. The van der Waals surface area contributed by atoms with Crippen LogP contribution in [0.15, 0.2) is 18.2 Å². The fraction of sp³-hybridized carbons (Fsp3) is 0.588. The molecule has 21 heavy (non-hydrogen) atoms. The second-order valence-corrected chi connectivity index (χ2v) is 6.09. The molecule has 1 aliphatic heterocycles. The summed E-state index contributed by atoms with van der Waals surface area (Å²) in [7, 11) is 0. The van der Waals surface area contributed by atoms with E-state index in [-0.39, 0.29) is 5.91 Å². The molecule has 0 aliphatic carbocycles. The third kappa shape index (κ3) is 5.24. The number of nitrogens with zero attached hydrogens (tertiary/aromatic N) is 1. The first-order chi connectivity index (χ1) is 10.2. The molecule has 0 atom stereocenters. The van der Waals surface area contributed by atoms with E-state index in [0.29, 0.717) is 13.0 Å². The van der Waals surface area contributed by atoms with E-state index in [4.69, 9.17) is 16.3 Å². The molecule has 0 aromatic heterocycles. The molecule has 0 spiro atoms. The third-order valence-electron chi connectivity index (χ3n) is 3.89. The molecule has 4 heteroatoms. The maximum Gasteiger partial charge on any atom is 0.222 e. The van der Waals surface area contributed by atoms with Crippen LogP contribution in [0.2, 0.25) is 5.02 Å². The Morgan fingerprint density at radius 2 is 1.95 bits per heavy atom. The van der Waals surface area contributed by atoms with Crippen molar-refractivity contribution >= 4 is 17.5 Å². The highest BCUT2D eigenvalue weighted by molar-refractivity contribution is 6.30. The summed E-state index contributed by atoms with van der Waals surface area (Å²) in [4.78, 5) is 14.1. The highest BCUT2D eigenvalue weighted by Gasteiger charge is 2.14. The predicted octanol–water partition coefficient (Wildman–Crippen LogP) is 4.21. The summed E-state index contributed by atoms with van der Waals surface area (Å²) >= 11 is 5.91.